The van der Waals surface area contributed by atoms with Gasteiger partial charge in [0.2, 0.25) is 11.8 Å². The Morgan fingerprint density at radius 2 is 2.11 bits per heavy atom. The number of carbonyl (C=O) groups is 2. The van der Waals surface area contributed by atoms with Crippen LogP contribution in [0.4, 0.5) is 4.39 Å². The molecule has 148 valence electrons. The number of nitrogens with zero attached hydrogens (tertiary/aromatic N) is 2. The SMILES string of the molecule is CCC[C@@H]1NC(=O)[C@@H]2C[C@H](NCc3nc(-c4ccc(F)cc4)cs3)CN2C1=O. The monoisotopic (exact) mass is 402 g/mol. The van der Waals surface area contributed by atoms with Crippen LogP contribution in [0.3, 0.4) is 0 Å². The Bertz CT molecular complexity index is 869. The van der Waals surface area contributed by atoms with E-state index in [1.807, 2.05) is 12.3 Å². The Hall–Kier alpha value is -2.32. The average molecular weight is 402 g/mol. The smallest absolute Gasteiger partial charge is 0.245 e. The number of aromatic nitrogens is 1. The molecule has 2 saturated heterocycles. The lowest BCUT2D eigenvalue weighted by Gasteiger charge is -2.34. The third-order valence-electron chi connectivity index (χ3n) is 5.31. The molecule has 28 heavy (non-hydrogen) atoms. The van der Waals surface area contributed by atoms with Crippen LogP contribution in [0.1, 0.15) is 31.2 Å². The number of thiazole rings is 1. The van der Waals surface area contributed by atoms with E-state index in [1.54, 1.807) is 17.0 Å². The van der Waals surface area contributed by atoms with Crippen LogP contribution in [0.25, 0.3) is 11.3 Å². The summed E-state index contributed by atoms with van der Waals surface area (Å²) in [6.45, 7) is 3.13. The maximum Gasteiger partial charge on any atom is 0.245 e. The Kier molecular flexibility index (Phi) is 5.41. The molecule has 0 spiro atoms. The van der Waals surface area contributed by atoms with Crippen molar-refractivity contribution in [3.8, 4) is 11.3 Å². The molecule has 0 saturated carbocycles. The third kappa shape index (κ3) is 3.79. The molecule has 6 nitrogen and oxygen atoms in total. The van der Waals surface area contributed by atoms with Crippen LogP contribution in [0.15, 0.2) is 29.6 Å². The van der Waals surface area contributed by atoms with Gasteiger partial charge in [-0.15, -0.1) is 11.3 Å². The number of benzene rings is 1. The Morgan fingerprint density at radius 3 is 2.86 bits per heavy atom. The lowest BCUT2D eigenvalue weighted by molar-refractivity contribution is -0.147. The van der Waals surface area contributed by atoms with Crippen molar-refractivity contribution < 1.29 is 14.0 Å². The highest BCUT2D eigenvalue weighted by Gasteiger charge is 2.45. The number of hydrogen-bond acceptors (Lipinski definition) is 5. The molecule has 3 atom stereocenters. The molecule has 1 aromatic carbocycles. The van der Waals surface area contributed by atoms with Crippen LogP contribution in [0.5, 0.6) is 0 Å². The topological polar surface area (TPSA) is 74.3 Å². The minimum Gasteiger partial charge on any atom is -0.343 e. The van der Waals surface area contributed by atoms with Crippen molar-refractivity contribution in [2.45, 2.75) is 50.9 Å². The molecule has 2 amide bonds. The average Bonchev–Trinajstić information content (AvgIpc) is 3.33. The van der Waals surface area contributed by atoms with E-state index in [2.05, 4.69) is 15.6 Å². The fourth-order valence-electron chi connectivity index (χ4n) is 3.87. The highest BCUT2D eigenvalue weighted by atomic mass is 32.1. The molecule has 2 fully saturated rings. The minimum atomic E-state index is -0.385. The largest absolute Gasteiger partial charge is 0.343 e. The number of amides is 2. The van der Waals surface area contributed by atoms with Gasteiger partial charge in [0.1, 0.15) is 22.9 Å². The zero-order chi connectivity index (χ0) is 19.7. The first-order valence-electron chi connectivity index (χ1n) is 9.59. The maximum atomic E-state index is 13.1. The fourth-order valence-corrected chi connectivity index (χ4v) is 4.62. The molecule has 2 aromatic rings. The van der Waals surface area contributed by atoms with E-state index in [-0.39, 0.29) is 35.8 Å². The van der Waals surface area contributed by atoms with Crippen molar-refractivity contribution >= 4 is 23.2 Å². The summed E-state index contributed by atoms with van der Waals surface area (Å²) in [5.41, 5.74) is 1.70. The molecule has 0 radical (unpaired) electrons. The summed E-state index contributed by atoms with van der Waals surface area (Å²) >= 11 is 1.54. The molecule has 0 aliphatic carbocycles. The number of halogens is 1. The first-order chi connectivity index (χ1) is 13.5. The predicted molar refractivity (Wildman–Crippen MR) is 105 cm³/mol. The van der Waals surface area contributed by atoms with Crippen LogP contribution in [0, 0.1) is 5.82 Å². The van der Waals surface area contributed by atoms with Gasteiger partial charge in [0.05, 0.1) is 5.69 Å². The Labute approximate surface area is 167 Å². The van der Waals surface area contributed by atoms with E-state index in [1.165, 1.54) is 23.5 Å². The molecule has 3 heterocycles. The molecule has 2 N–H and O–H groups in total. The van der Waals surface area contributed by atoms with Crippen molar-refractivity contribution in [2.24, 2.45) is 0 Å². The summed E-state index contributed by atoms with van der Waals surface area (Å²) in [7, 11) is 0. The van der Waals surface area contributed by atoms with Crippen molar-refractivity contribution in [3.05, 3.63) is 40.5 Å². The maximum absolute atomic E-state index is 13.1. The second kappa shape index (κ2) is 7.97. The lowest BCUT2D eigenvalue weighted by atomic mass is 10.0. The summed E-state index contributed by atoms with van der Waals surface area (Å²) in [4.78, 5) is 31.3. The van der Waals surface area contributed by atoms with Gasteiger partial charge in [-0.2, -0.15) is 0 Å². The Balaban J connectivity index is 1.36. The molecule has 8 heteroatoms. The number of nitrogens with one attached hydrogen (secondary N) is 2. The normalized spacial score (nSPS) is 24.4. The predicted octanol–water partition coefficient (Wildman–Crippen LogP) is 2.31. The lowest BCUT2D eigenvalue weighted by Crippen LogP contribution is -2.61. The van der Waals surface area contributed by atoms with E-state index in [9.17, 15) is 14.0 Å². The first kappa shape index (κ1) is 19.0. The van der Waals surface area contributed by atoms with Crippen molar-refractivity contribution in [3.63, 3.8) is 0 Å². The van der Waals surface area contributed by atoms with Crippen LogP contribution < -0.4 is 10.6 Å². The quantitative estimate of drug-likeness (QED) is 0.778. The highest BCUT2D eigenvalue weighted by Crippen LogP contribution is 2.25. The second-order valence-corrected chi connectivity index (χ2v) is 8.25. The van der Waals surface area contributed by atoms with Gasteiger partial charge in [0.15, 0.2) is 0 Å². The molecule has 2 aliphatic heterocycles. The molecule has 2 aliphatic rings. The number of carbonyl (C=O) groups excluding carboxylic acids is 2. The highest BCUT2D eigenvalue weighted by molar-refractivity contribution is 7.09. The second-order valence-electron chi connectivity index (χ2n) is 7.30. The van der Waals surface area contributed by atoms with Crippen molar-refractivity contribution in [1.29, 1.82) is 0 Å². The van der Waals surface area contributed by atoms with E-state index < -0.39 is 0 Å². The molecule has 1 aromatic heterocycles. The zero-order valence-corrected chi connectivity index (χ0v) is 16.5. The van der Waals surface area contributed by atoms with Crippen LogP contribution in [0.2, 0.25) is 0 Å². The molecular weight excluding hydrogens is 379 g/mol. The summed E-state index contributed by atoms with van der Waals surface area (Å²) in [5.74, 6) is -0.280. The van der Waals surface area contributed by atoms with Crippen LogP contribution in [-0.4, -0.2) is 46.4 Å². The van der Waals surface area contributed by atoms with Gasteiger partial charge in [0, 0.05) is 30.1 Å². The van der Waals surface area contributed by atoms with Gasteiger partial charge in [-0.1, -0.05) is 13.3 Å². The first-order valence-corrected chi connectivity index (χ1v) is 10.5. The van der Waals surface area contributed by atoms with Gasteiger partial charge < -0.3 is 15.5 Å². The fraction of sp³-hybridized carbons (Fsp3) is 0.450. The van der Waals surface area contributed by atoms with Gasteiger partial charge >= 0.3 is 0 Å². The van der Waals surface area contributed by atoms with Gasteiger partial charge in [-0.25, -0.2) is 9.37 Å². The summed E-state index contributed by atoms with van der Waals surface area (Å²) < 4.78 is 13.1. The van der Waals surface area contributed by atoms with E-state index in [0.29, 0.717) is 25.9 Å². The summed E-state index contributed by atoms with van der Waals surface area (Å²) in [6.07, 6.45) is 2.15. The van der Waals surface area contributed by atoms with Gasteiger partial charge in [-0.05, 0) is 37.1 Å². The standard InChI is InChI=1S/C20H23FN4O2S/c1-2-3-15-20(27)25-10-14(8-17(25)19(26)24-15)22-9-18-23-16(11-28-18)12-4-6-13(21)7-5-12/h4-7,11,14-15,17,22H,2-3,8-10H2,1H3,(H,24,26)/t14-,15-,17-/m0/s1. The number of hydrogen-bond donors (Lipinski definition) is 2. The van der Waals surface area contributed by atoms with E-state index in [4.69, 9.17) is 0 Å². The van der Waals surface area contributed by atoms with Crippen molar-refractivity contribution in [2.75, 3.05) is 6.54 Å². The Morgan fingerprint density at radius 1 is 1.32 bits per heavy atom. The summed E-state index contributed by atoms with van der Waals surface area (Å²) in [6, 6.07) is 5.60. The molecular formula is C20H23FN4O2S. The zero-order valence-electron chi connectivity index (χ0n) is 15.7. The van der Waals surface area contributed by atoms with Crippen LogP contribution in [-0.2, 0) is 16.1 Å². The molecule has 4 rings (SSSR count). The molecule has 0 bridgehead atoms. The number of fused-ring (bicyclic) bond motifs is 1. The van der Waals surface area contributed by atoms with Gasteiger partial charge in [-0.3, -0.25) is 9.59 Å². The van der Waals surface area contributed by atoms with Crippen molar-refractivity contribution in [1.82, 2.24) is 20.5 Å². The third-order valence-corrected chi connectivity index (χ3v) is 6.16. The van der Waals surface area contributed by atoms with Crippen LogP contribution >= 0.6 is 11.3 Å². The van der Waals surface area contributed by atoms with E-state index in [0.717, 1.165) is 22.7 Å². The summed E-state index contributed by atoms with van der Waals surface area (Å²) in [5, 5.41) is 9.17. The molecule has 0 unspecified atom stereocenters. The number of piperazine rings is 1. The minimum absolute atomic E-state index is 0.0311. The van der Waals surface area contributed by atoms with E-state index >= 15 is 0 Å². The number of rotatable bonds is 6. The van der Waals surface area contributed by atoms with Gasteiger partial charge in [0.25, 0.3) is 0 Å².